The molecule has 0 nitrogen and oxygen atoms in total. The molecular formula is C12H16ClFS. The van der Waals surface area contributed by atoms with Gasteiger partial charge in [0.1, 0.15) is 5.82 Å². The Morgan fingerprint density at radius 1 is 1.47 bits per heavy atom. The van der Waals surface area contributed by atoms with Crippen LogP contribution in [0.4, 0.5) is 4.39 Å². The molecule has 1 rings (SSSR count). The van der Waals surface area contributed by atoms with Crippen LogP contribution in [0.25, 0.3) is 0 Å². The minimum Gasteiger partial charge on any atom is -0.207 e. The highest BCUT2D eigenvalue weighted by molar-refractivity contribution is 7.99. The maximum Gasteiger partial charge on any atom is 0.123 e. The highest BCUT2D eigenvalue weighted by atomic mass is 35.5. The van der Waals surface area contributed by atoms with Crippen molar-refractivity contribution in [3.05, 3.63) is 35.1 Å². The van der Waals surface area contributed by atoms with E-state index in [1.54, 1.807) is 6.07 Å². The van der Waals surface area contributed by atoms with E-state index in [2.05, 4.69) is 6.92 Å². The second-order valence-electron chi connectivity index (χ2n) is 3.67. The Morgan fingerprint density at radius 2 is 2.20 bits per heavy atom. The summed E-state index contributed by atoms with van der Waals surface area (Å²) in [4.78, 5) is 0. The largest absolute Gasteiger partial charge is 0.207 e. The van der Waals surface area contributed by atoms with Crippen molar-refractivity contribution in [1.82, 2.24) is 0 Å². The number of halogens is 2. The van der Waals surface area contributed by atoms with E-state index in [0.29, 0.717) is 11.1 Å². The van der Waals surface area contributed by atoms with Gasteiger partial charge in [-0.15, -0.1) is 11.6 Å². The fourth-order valence-electron chi connectivity index (χ4n) is 1.26. The number of thioether (sulfide) groups is 1. The predicted octanol–water partition coefficient (Wildman–Crippen LogP) is 4.38. The van der Waals surface area contributed by atoms with E-state index < -0.39 is 0 Å². The van der Waals surface area contributed by atoms with Crippen molar-refractivity contribution in [2.45, 2.75) is 31.3 Å². The van der Waals surface area contributed by atoms with Gasteiger partial charge >= 0.3 is 0 Å². The van der Waals surface area contributed by atoms with Crippen LogP contribution < -0.4 is 0 Å². The van der Waals surface area contributed by atoms with Gasteiger partial charge in [0.2, 0.25) is 0 Å². The van der Waals surface area contributed by atoms with Crippen LogP contribution in [0.1, 0.15) is 24.5 Å². The van der Waals surface area contributed by atoms with Crippen LogP contribution in [0, 0.1) is 12.7 Å². The van der Waals surface area contributed by atoms with Crippen LogP contribution in [0.15, 0.2) is 18.2 Å². The molecule has 15 heavy (non-hydrogen) atoms. The zero-order valence-corrected chi connectivity index (χ0v) is 10.7. The number of alkyl halides is 1. The van der Waals surface area contributed by atoms with Gasteiger partial charge in [-0.3, -0.25) is 0 Å². The molecule has 0 aliphatic rings. The molecule has 0 aromatic heterocycles. The molecule has 0 saturated carbocycles. The highest BCUT2D eigenvalue weighted by Crippen LogP contribution is 2.22. The van der Waals surface area contributed by atoms with E-state index >= 15 is 0 Å². The van der Waals surface area contributed by atoms with Gasteiger partial charge < -0.3 is 0 Å². The Labute approximate surface area is 100 Å². The molecule has 0 heterocycles. The molecule has 0 saturated heterocycles. The lowest BCUT2D eigenvalue weighted by Crippen LogP contribution is -1.98. The maximum atomic E-state index is 13.0. The molecule has 0 radical (unpaired) electrons. The van der Waals surface area contributed by atoms with Crippen LogP contribution in [-0.4, -0.2) is 11.1 Å². The standard InChI is InChI=1S/C12H16ClFS/c1-9-3-4-12(14)7-11(9)8-15-10(2)5-6-13/h3-4,7,10H,5-6,8H2,1-2H3. The molecule has 0 aliphatic heterocycles. The third kappa shape index (κ3) is 4.43. The van der Waals surface area contributed by atoms with E-state index in [1.165, 1.54) is 6.07 Å². The fraction of sp³-hybridized carbons (Fsp3) is 0.500. The van der Waals surface area contributed by atoms with Crippen LogP contribution >= 0.6 is 23.4 Å². The molecule has 0 aliphatic carbocycles. The molecule has 0 amide bonds. The normalized spacial score (nSPS) is 12.8. The van der Waals surface area contributed by atoms with Crippen molar-refractivity contribution in [2.24, 2.45) is 0 Å². The summed E-state index contributed by atoms with van der Waals surface area (Å²) < 4.78 is 13.0. The minimum absolute atomic E-state index is 0.152. The molecule has 0 N–H and O–H groups in total. The Hall–Kier alpha value is -0.210. The van der Waals surface area contributed by atoms with Crippen molar-refractivity contribution < 1.29 is 4.39 Å². The van der Waals surface area contributed by atoms with Gasteiger partial charge in [-0.1, -0.05) is 13.0 Å². The van der Waals surface area contributed by atoms with Gasteiger partial charge in [-0.25, -0.2) is 4.39 Å². The van der Waals surface area contributed by atoms with E-state index in [9.17, 15) is 4.39 Å². The third-order valence-corrected chi connectivity index (χ3v) is 3.85. The van der Waals surface area contributed by atoms with Crippen molar-refractivity contribution in [3.63, 3.8) is 0 Å². The van der Waals surface area contributed by atoms with Gasteiger partial charge in [0.05, 0.1) is 0 Å². The molecule has 84 valence electrons. The Kier molecular flexibility index (Phi) is 5.48. The highest BCUT2D eigenvalue weighted by Gasteiger charge is 2.05. The Bertz CT molecular complexity index is 314. The smallest absolute Gasteiger partial charge is 0.123 e. The molecule has 1 aromatic rings. The summed E-state index contributed by atoms with van der Waals surface area (Å²) in [6, 6.07) is 4.96. The van der Waals surface area contributed by atoms with Gasteiger partial charge in [-0.05, 0) is 36.6 Å². The Balaban J connectivity index is 2.53. The van der Waals surface area contributed by atoms with Crippen LogP contribution in [-0.2, 0) is 5.75 Å². The first kappa shape index (κ1) is 12.9. The summed E-state index contributed by atoms with van der Waals surface area (Å²) in [6.45, 7) is 4.17. The number of benzene rings is 1. The monoisotopic (exact) mass is 246 g/mol. The number of rotatable bonds is 5. The lowest BCUT2D eigenvalue weighted by atomic mass is 10.1. The molecule has 3 heteroatoms. The quantitative estimate of drug-likeness (QED) is 0.695. The minimum atomic E-state index is -0.152. The zero-order valence-electron chi connectivity index (χ0n) is 9.09. The van der Waals surface area contributed by atoms with Crippen LogP contribution in [0.3, 0.4) is 0 Å². The maximum absolute atomic E-state index is 13.0. The summed E-state index contributed by atoms with van der Waals surface area (Å²) in [5.74, 6) is 1.40. The first-order valence-electron chi connectivity index (χ1n) is 5.06. The topological polar surface area (TPSA) is 0 Å². The SMILES string of the molecule is Cc1ccc(F)cc1CSC(C)CCCl. The molecule has 1 aromatic carbocycles. The Morgan fingerprint density at radius 3 is 2.87 bits per heavy atom. The molecule has 1 atom stereocenters. The molecule has 0 fully saturated rings. The molecule has 1 unspecified atom stereocenters. The molecular weight excluding hydrogens is 231 g/mol. The third-order valence-electron chi connectivity index (χ3n) is 2.35. The van der Waals surface area contributed by atoms with E-state index in [0.717, 1.165) is 23.3 Å². The summed E-state index contributed by atoms with van der Waals surface area (Å²) in [6.07, 6.45) is 1.00. The zero-order chi connectivity index (χ0) is 11.3. The van der Waals surface area contributed by atoms with Crippen molar-refractivity contribution in [2.75, 3.05) is 5.88 Å². The summed E-state index contributed by atoms with van der Waals surface area (Å²) in [5.41, 5.74) is 2.24. The number of hydrogen-bond donors (Lipinski definition) is 0. The van der Waals surface area contributed by atoms with E-state index in [1.807, 2.05) is 24.8 Å². The van der Waals surface area contributed by atoms with Crippen molar-refractivity contribution >= 4 is 23.4 Å². The van der Waals surface area contributed by atoms with Crippen LogP contribution in [0.2, 0.25) is 0 Å². The molecule has 0 bridgehead atoms. The average molecular weight is 247 g/mol. The first-order chi connectivity index (χ1) is 7.13. The second-order valence-corrected chi connectivity index (χ2v) is 5.47. The lowest BCUT2D eigenvalue weighted by molar-refractivity contribution is 0.626. The number of aryl methyl sites for hydroxylation is 1. The summed E-state index contributed by atoms with van der Waals surface area (Å²) in [5, 5.41) is 0.533. The van der Waals surface area contributed by atoms with Gasteiger partial charge in [0.15, 0.2) is 0 Å². The predicted molar refractivity (Wildman–Crippen MR) is 67.2 cm³/mol. The van der Waals surface area contributed by atoms with Crippen LogP contribution in [0.5, 0.6) is 0 Å². The summed E-state index contributed by atoms with van der Waals surface area (Å²) >= 11 is 7.49. The van der Waals surface area contributed by atoms with E-state index in [-0.39, 0.29) is 5.82 Å². The van der Waals surface area contributed by atoms with Crippen molar-refractivity contribution in [3.8, 4) is 0 Å². The van der Waals surface area contributed by atoms with Gasteiger partial charge in [0, 0.05) is 16.9 Å². The van der Waals surface area contributed by atoms with Crippen molar-refractivity contribution in [1.29, 1.82) is 0 Å². The first-order valence-corrected chi connectivity index (χ1v) is 6.64. The van der Waals surface area contributed by atoms with Gasteiger partial charge in [-0.2, -0.15) is 11.8 Å². The second kappa shape index (κ2) is 6.39. The average Bonchev–Trinajstić information content (AvgIpc) is 2.20. The fourth-order valence-corrected chi connectivity index (χ4v) is 2.78. The summed E-state index contributed by atoms with van der Waals surface area (Å²) in [7, 11) is 0. The van der Waals surface area contributed by atoms with E-state index in [4.69, 9.17) is 11.6 Å². The number of hydrogen-bond acceptors (Lipinski definition) is 1. The lowest BCUT2D eigenvalue weighted by Gasteiger charge is -2.10. The molecule has 0 spiro atoms. The van der Waals surface area contributed by atoms with Gasteiger partial charge in [0.25, 0.3) is 0 Å².